The van der Waals surface area contributed by atoms with Crippen LogP contribution in [-0.2, 0) is 0 Å². The molecule has 8 heteroatoms. The average Bonchev–Trinajstić information content (AvgIpc) is 3.43. The molecule has 3 aromatic carbocycles. The van der Waals surface area contributed by atoms with Crippen LogP contribution in [0.25, 0.3) is 23.1 Å². The fourth-order valence-corrected chi connectivity index (χ4v) is 3.52. The molecular formula is C23H18N4O4. The van der Waals surface area contributed by atoms with Crippen LogP contribution in [0.2, 0.25) is 0 Å². The normalized spacial score (nSPS) is 12.5. The number of nitrogens with one attached hydrogen (secondary N) is 1. The molecule has 0 spiro atoms. The molecule has 2 heterocycles. The third-order valence-corrected chi connectivity index (χ3v) is 5.22. The molecule has 5 rings (SSSR count). The number of nitrogens with zero attached hydrogens (tertiary/aromatic N) is 3. The van der Waals surface area contributed by atoms with E-state index in [1.807, 2.05) is 66.6 Å². The Morgan fingerprint density at radius 2 is 1.87 bits per heavy atom. The van der Waals surface area contributed by atoms with E-state index in [0.29, 0.717) is 0 Å². The second kappa shape index (κ2) is 7.49. The van der Waals surface area contributed by atoms with E-state index in [1.54, 1.807) is 12.1 Å². The van der Waals surface area contributed by atoms with Crippen molar-refractivity contribution in [1.29, 1.82) is 0 Å². The Labute approximate surface area is 177 Å². The summed E-state index contributed by atoms with van der Waals surface area (Å²) < 4.78 is 10.8. The Hall–Kier alpha value is -4.33. The van der Waals surface area contributed by atoms with Crippen molar-refractivity contribution in [3.05, 3.63) is 82.0 Å². The van der Waals surface area contributed by atoms with Crippen molar-refractivity contribution < 1.29 is 14.4 Å². The van der Waals surface area contributed by atoms with Gasteiger partial charge >= 0.3 is 0 Å². The molecule has 0 saturated heterocycles. The van der Waals surface area contributed by atoms with Gasteiger partial charge in [0.2, 0.25) is 6.79 Å². The summed E-state index contributed by atoms with van der Waals surface area (Å²) in [5.41, 5.74) is 4.36. The molecule has 8 nitrogen and oxygen atoms in total. The van der Waals surface area contributed by atoms with Crippen LogP contribution < -0.4 is 14.4 Å². The molecule has 0 radical (unpaired) electrons. The smallest absolute Gasteiger partial charge is 0.271 e. The number of benzene rings is 3. The molecule has 0 fully saturated rings. The molecule has 1 N–H and O–H groups in total. The number of nitro groups is 1. The predicted molar refractivity (Wildman–Crippen MR) is 119 cm³/mol. The highest BCUT2D eigenvalue weighted by Gasteiger charge is 2.13. The monoisotopic (exact) mass is 414 g/mol. The lowest BCUT2D eigenvalue weighted by molar-refractivity contribution is -0.384. The van der Waals surface area contributed by atoms with E-state index >= 15 is 0 Å². The van der Waals surface area contributed by atoms with Crippen molar-refractivity contribution in [3.63, 3.8) is 0 Å². The number of nitro benzene ring substituents is 1. The zero-order valence-corrected chi connectivity index (χ0v) is 16.6. The molecule has 0 saturated carbocycles. The molecule has 1 aliphatic heterocycles. The number of rotatable bonds is 5. The summed E-state index contributed by atoms with van der Waals surface area (Å²) in [4.78, 5) is 12.6. The van der Waals surface area contributed by atoms with Crippen molar-refractivity contribution >= 4 is 40.1 Å². The largest absolute Gasteiger partial charge is 0.454 e. The molecule has 0 bridgehead atoms. The quantitative estimate of drug-likeness (QED) is 0.359. The van der Waals surface area contributed by atoms with Crippen LogP contribution in [0.5, 0.6) is 11.5 Å². The standard InChI is InChI=1S/C23H18N4O4/c1-26(16-3-2-4-18(12-16)27(28)29)17-7-8-19-20(24-25-21(19)13-17)9-5-15-6-10-22-23(11-15)31-14-30-22/h2-13H,14H2,1H3,(H,24,25)/b9-5+. The van der Waals surface area contributed by atoms with E-state index in [0.717, 1.165) is 45.0 Å². The number of anilines is 2. The van der Waals surface area contributed by atoms with Crippen molar-refractivity contribution in [2.75, 3.05) is 18.7 Å². The molecule has 0 unspecified atom stereocenters. The Kier molecular flexibility index (Phi) is 4.51. The summed E-state index contributed by atoms with van der Waals surface area (Å²) in [7, 11) is 1.87. The number of hydrogen-bond acceptors (Lipinski definition) is 6. The number of hydrogen-bond donors (Lipinski definition) is 1. The molecule has 1 aromatic heterocycles. The minimum Gasteiger partial charge on any atom is -0.454 e. The molecule has 154 valence electrons. The molecule has 1 aliphatic rings. The van der Waals surface area contributed by atoms with Crippen LogP contribution in [0.1, 0.15) is 11.3 Å². The maximum Gasteiger partial charge on any atom is 0.271 e. The third kappa shape index (κ3) is 3.55. The first-order valence-electron chi connectivity index (χ1n) is 9.62. The summed E-state index contributed by atoms with van der Waals surface area (Å²) in [6.07, 6.45) is 3.92. The predicted octanol–water partition coefficient (Wildman–Crippen LogP) is 5.14. The number of fused-ring (bicyclic) bond motifs is 2. The zero-order chi connectivity index (χ0) is 21.4. The maximum absolute atomic E-state index is 11.1. The molecule has 4 aromatic rings. The van der Waals surface area contributed by atoms with E-state index in [4.69, 9.17) is 9.47 Å². The van der Waals surface area contributed by atoms with Gasteiger partial charge in [-0.15, -0.1) is 0 Å². The van der Waals surface area contributed by atoms with Crippen molar-refractivity contribution in [3.8, 4) is 11.5 Å². The summed E-state index contributed by atoms with van der Waals surface area (Å²) in [5, 5.41) is 19.5. The Morgan fingerprint density at radius 1 is 1.03 bits per heavy atom. The Balaban J connectivity index is 1.41. The van der Waals surface area contributed by atoms with Crippen molar-refractivity contribution in [2.24, 2.45) is 0 Å². The van der Waals surface area contributed by atoms with E-state index in [2.05, 4.69) is 10.2 Å². The highest BCUT2D eigenvalue weighted by molar-refractivity contribution is 5.92. The van der Waals surface area contributed by atoms with E-state index in [1.165, 1.54) is 6.07 Å². The van der Waals surface area contributed by atoms with Gasteiger partial charge in [0.1, 0.15) is 0 Å². The zero-order valence-electron chi connectivity index (χ0n) is 16.6. The molecule has 0 atom stereocenters. The lowest BCUT2D eigenvalue weighted by atomic mass is 10.1. The van der Waals surface area contributed by atoms with Gasteiger partial charge in [0.15, 0.2) is 11.5 Å². The summed E-state index contributed by atoms with van der Waals surface area (Å²) in [6, 6.07) is 18.3. The van der Waals surface area contributed by atoms with Gasteiger partial charge in [0.25, 0.3) is 5.69 Å². The van der Waals surface area contributed by atoms with Crippen molar-refractivity contribution in [1.82, 2.24) is 10.2 Å². The Morgan fingerprint density at radius 3 is 2.74 bits per heavy atom. The summed E-state index contributed by atoms with van der Waals surface area (Å²) in [5.74, 6) is 1.49. The fourth-order valence-electron chi connectivity index (χ4n) is 3.52. The summed E-state index contributed by atoms with van der Waals surface area (Å²) in [6.45, 7) is 0.250. The third-order valence-electron chi connectivity index (χ3n) is 5.22. The number of ether oxygens (including phenoxy) is 2. The maximum atomic E-state index is 11.1. The van der Waals surface area contributed by atoms with Gasteiger partial charge in [-0.05, 0) is 48.0 Å². The van der Waals surface area contributed by atoms with Gasteiger partial charge in [0.05, 0.1) is 16.1 Å². The van der Waals surface area contributed by atoms with Gasteiger partial charge < -0.3 is 14.4 Å². The number of H-pyrrole nitrogens is 1. The Bertz CT molecular complexity index is 1330. The molecular weight excluding hydrogens is 396 g/mol. The second-order valence-electron chi connectivity index (χ2n) is 7.12. The van der Waals surface area contributed by atoms with E-state index in [-0.39, 0.29) is 12.5 Å². The average molecular weight is 414 g/mol. The first-order chi connectivity index (χ1) is 15.1. The number of aromatic nitrogens is 2. The van der Waals surface area contributed by atoms with Crippen molar-refractivity contribution in [2.45, 2.75) is 0 Å². The highest BCUT2D eigenvalue weighted by Crippen LogP contribution is 2.33. The molecule has 0 amide bonds. The topological polar surface area (TPSA) is 93.5 Å². The first-order valence-corrected chi connectivity index (χ1v) is 9.62. The van der Waals surface area contributed by atoms with Crippen LogP contribution in [0.4, 0.5) is 17.1 Å². The van der Waals surface area contributed by atoms with E-state index < -0.39 is 4.92 Å². The van der Waals surface area contributed by atoms with Crippen LogP contribution in [0.15, 0.2) is 60.7 Å². The number of aromatic amines is 1. The number of non-ortho nitro benzene ring substituents is 1. The first kappa shape index (κ1) is 18.7. The van der Waals surface area contributed by atoms with Gasteiger partial charge in [0, 0.05) is 35.9 Å². The minimum atomic E-state index is -0.395. The summed E-state index contributed by atoms with van der Waals surface area (Å²) >= 11 is 0. The van der Waals surface area contributed by atoms with Gasteiger partial charge in [-0.3, -0.25) is 15.2 Å². The SMILES string of the molecule is CN(c1cccc([N+](=O)[O-])c1)c1ccc2c(/C=C/c3ccc4c(c3)OCO4)n[nH]c2c1. The van der Waals surface area contributed by atoms with Crippen LogP contribution >= 0.6 is 0 Å². The molecule has 31 heavy (non-hydrogen) atoms. The van der Waals surface area contributed by atoms with Crippen LogP contribution in [0.3, 0.4) is 0 Å². The lowest BCUT2D eigenvalue weighted by Crippen LogP contribution is -2.09. The van der Waals surface area contributed by atoms with Gasteiger partial charge in [-0.2, -0.15) is 5.10 Å². The highest BCUT2D eigenvalue weighted by atomic mass is 16.7. The van der Waals surface area contributed by atoms with E-state index in [9.17, 15) is 10.1 Å². The van der Waals surface area contributed by atoms with Crippen LogP contribution in [-0.4, -0.2) is 29.0 Å². The van der Waals surface area contributed by atoms with Gasteiger partial charge in [-0.1, -0.05) is 18.2 Å². The lowest BCUT2D eigenvalue weighted by Gasteiger charge is -2.19. The fraction of sp³-hybridized carbons (Fsp3) is 0.0870. The molecule has 0 aliphatic carbocycles. The second-order valence-corrected chi connectivity index (χ2v) is 7.12. The van der Waals surface area contributed by atoms with Crippen LogP contribution in [0, 0.1) is 10.1 Å². The van der Waals surface area contributed by atoms with Gasteiger partial charge in [-0.25, -0.2) is 0 Å². The minimum absolute atomic E-state index is 0.0582.